The average Bonchev–Trinajstić information content (AvgIpc) is 2.92. The van der Waals surface area contributed by atoms with E-state index in [1.54, 1.807) is 6.08 Å². The van der Waals surface area contributed by atoms with E-state index < -0.39 is 0 Å². The van der Waals surface area contributed by atoms with E-state index in [0.29, 0.717) is 30.0 Å². The second kappa shape index (κ2) is 6.37. The van der Waals surface area contributed by atoms with Crippen LogP contribution in [0.5, 0.6) is 0 Å². The Morgan fingerprint density at radius 2 is 1.92 bits per heavy atom. The van der Waals surface area contributed by atoms with Gasteiger partial charge in [-0.05, 0) is 73.8 Å². The highest BCUT2D eigenvalue weighted by Gasteiger charge is 2.59. The maximum Gasteiger partial charge on any atom is 0.178 e. The van der Waals surface area contributed by atoms with E-state index in [0.717, 1.165) is 18.8 Å². The molecule has 3 fully saturated rings. The van der Waals surface area contributed by atoms with Crippen molar-refractivity contribution in [3.63, 3.8) is 0 Å². The van der Waals surface area contributed by atoms with E-state index in [-0.39, 0.29) is 29.0 Å². The van der Waals surface area contributed by atoms with Gasteiger partial charge in [-0.15, -0.1) is 12.4 Å². The van der Waals surface area contributed by atoms with Crippen LogP contribution in [0.1, 0.15) is 65.7 Å². The summed E-state index contributed by atoms with van der Waals surface area (Å²) < 4.78 is 0. The van der Waals surface area contributed by atoms with Crippen LogP contribution in [0.4, 0.5) is 0 Å². The first-order valence-corrected chi connectivity index (χ1v) is 9.87. The molecule has 138 valence electrons. The lowest BCUT2D eigenvalue weighted by molar-refractivity contribution is -0.129. The van der Waals surface area contributed by atoms with Crippen molar-refractivity contribution in [1.82, 2.24) is 0 Å². The minimum absolute atomic E-state index is 0. The number of rotatable bonds is 2. The van der Waals surface area contributed by atoms with Gasteiger partial charge in [0.15, 0.2) is 5.78 Å². The molecule has 0 saturated heterocycles. The van der Waals surface area contributed by atoms with E-state index in [2.05, 4.69) is 19.9 Å². The number of Topliss-reactive ketones (excluding diaryl/α,β-unsaturated/α-hetero) is 1. The Balaban J connectivity index is 0.00000182. The van der Waals surface area contributed by atoms with Gasteiger partial charge in [0.1, 0.15) is 5.78 Å². The zero-order chi connectivity index (χ0) is 17.1. The molecular formula is C22H31ClO2. The van der Waals surface area contributed by atoms with Crippen molar-refractivity contribution in [1.29, 1.82) is 0 Å². The van der Waals surface area contributed by atoms with Crippen LogP contribution in [0.3, 0.4) is 0 Å². The minimum Gasteiger partial charge on any atom is -0.299 e. The normalized spacial score (nSPS) is 44.9. The second-order valence-corrected chi connectivity index (χ2v) is 9.10. The lowest BCUT2D eigenvalue weighted by Gasteiger charge is -2.57. The molecule has 4 aliphatic carbocycles. The number of halogens is 1. The summed E-state index contributed by atoms with van der Waals surface area (Å²) in [4.78, 5) is 24.3. The Hall–Kier alpha value is -0.890. The predicted octanol–water partition coefficient (Wildman–Crippen LogP) is 5.31. The Morgan fingerprint density at radius 1 is 1.16 bits per heavy atom. The molecule has 0 N–H and O–H groups in total. The molecule has 3 saturated carbocycles. The summed E-state index contributed by atoms with van der Waals surface area (Å²) in [5.74, 6) is 3.01. The lowest BCUT2D eigenvalue weighted by Crippen LogP contribution is -2.50. The summed E-state index contributed by atoms with van der Waals surface area (Å²) in [6.07, 6.45) is 13.6. The fourth-order valence-electron chi connectivity index (χ4n) is 6.97. The van der Waals surface area contributed by atoms with Crippen LogP contribution >= 0.6 is 12.4 Å². The standard InChI is InChI=1S/C22H30O2.ClH/c1-4-20(24)19-8-7-17-16-6-5-14-13-15(23)9-11-21(14,2)18(16)10-12-22(17,19)3;/h9,11,13,16-19H,4-8,10,12H2,1-3H3;1H/t16-,17-,18-,19+,21-,22-;/m0./s1. The number of ketones is 2. The number of carbonyl (C=O) groups excluding carboxylic acids is 2. The van der Waals surface area contributed by atoms with Crippen molar-refractivity contribution in [3.8, 4) is 0 Å². The summed E-state index contributed by atoms with van der Waals surface area (Å²) in [6.45, 7) is 6.78. The third-order valence-corrected chi connectivity index (χ3v) is 8.29. The number of allylic oxidation sites excluding steroid dienone is 4. The fourth-order valence-corrected chi connectivity index (χ4v) is 6.97. The molecular weight excluding hydrogens is 332 g/mol. The van der Waals surface area contributed by atoms with Gasteiger partial charge in [0.2, 0.25) is 0 Å². The van der Waals surface area contributed by atoms with Crippen molar-refractivity contribution in [2.75, 3.05) is 0 Å². The highest BCUT2D eigenvalue weighted by Crippen LogP contribution is 2.66. The second-order valence-electron chi connectivity index (χ2n) is 9.10. The molecule has 3 heteroatoms. The molecule has 25 heavy (non-hydrogen) atoms. The van der Waals surface area contributed by atoms with E-state index in [4.69, 9.17) is 0 Å². The third-order valence-electron chi connectivity index (χ3n) is 8.29. The molecule has 0 aromatic carbocycles. The van der Waals surface area contributed by atoms with Gasteiger partial charge < -0.3 is 0 Å². The highest BCUT2D eigenvalue weighted by atomic mass is 35.5. The number of hydrogen-bond acceptors (Lipinski definition) is 2. The van der Waals surface area contributed by atoms with Crippen LogP contribution in [-0.4, -0.2) is 11.6 Å². The smallest absolute Gasteiger partial charge is 0.178 e. The summed E-state index contributed by atoms with van der Waals surface area (Å²) in [5.41, 5.74) is 1.66. The van der Waals surface area contributed by atoms with Gasteiger partial charge in [0.05, 0.1) is 0 Å². The average molecular weight is 363 g/mol. The first kappa shape index (κ1) is 18.9. The molecule has 0 radical (unpaired) electrons. The third kappa shape index (κ3) is 2.59. The molecule has 0 unspecified atom stereocenters. The minimum atomic E-state index is 0. The SMILES string of the molecule is CCC(=O)[C@H]1CC[C@H]2[C@@H]3CCC4=CC(=O)C=C[C@]4(C)[C@H]3CC[C@]12C.Cl. The van der Waals surface area contributed by atoms with Gasteiger partial charge >= 0.3 is 0 Å². The van der Waals surface area contributed by atoms with Crippen LogP contribution in [0.15, 0.2) is 23.8 Å². The maximum atomic E-state index is 12.5. The van der Waals surface area contributed by atoms with Gasteiger partial charge in [0, 0.05) is 17.8 Å². The summed E-state index contributed by atoms with van der Waals surface area (Å²) in [5, 5.41) is 0. The Labute approximate surface area is 157 Å². The summed E-state index contributed by atoms with van der Waals surface area (Å²) >= 11 is 0. The molecule has 4 aliphatic rings. The quantitative estimate of drug-likeness (QED) is 0.666. The highest BCUT2D eigenvalue weighted by molar-refractivity contribution is 6.01. The van der Waals surface area contributed by atoms with Crippen molar-refractivity contribution in [2.24, 2.45) is 34.5 Å². The summed E-state index contributed by atoms with van der Waals surface area (Å²) in [6, 6.07) is 0. The van der Waals surface area contributed by atoms with E-state index in [9.17, 15) is 9.59 Å². The molecule has 0 heterocycles. The van der Waals surface area contributed by atoms with E-state index in [1.165, 1.54) is 31.3 Å². The van der Waals surface area contributed by atoms with Gasteiger partial charge in [-0.1, -0.05) is 32.4 Å². The Morgan fingerprint density at radius 3 is 2.64 bits per heavy atom. The van der Waals surface area contributed by atoms with Crippen LogP contribution in [-0.2, 0) is 9.59 Å². The zero-order valence-corrected chi connectivity index (χ0v) is 16.5. The van der Waals surface area contributed by atoms with Crippen molar-refractivity contribution in [3.05, 3.63) is 23.8 Å². The molecule has 0 spiro atoms. The monoisotopic (exact) mass is 362 g/mol. The Bertz CT molecular complexity index is 648. The van der Waals surface area contributed by atoms with E-state index >= 15 is 0 Å². The molecule has 0 aromatic heterocycles. The molecule has 0 amide bonds. The number of fused-ring (bicyclic) bond motifs is 5. The molecule has 0 aromatic rings. The summed E-state index contributed by atoms with van der Waals surface area (Å²) in [7, 11) is 0. The first-order chi connectivity index (χ1) is 11.4. The Kier molecular flexibility index (Phi) is 4.81. The van der Waals surface area contributed by atoms with Gasteiger partial charge in [-0.3, -0.25) is 9.59 Å². The lowest BCUT2D eigenvalue weighted by atomic mass is 9.47. The molecule has 0 aliphatic heterocycles. The van der Waals surface area contributed by atoms with Crippen molar-refractivity contribution in [2.45, 2.75) is 65.7 Å². The number of hydrogen-bond donors (Lipinski definition) is 0. The first-order valence-electron chi connectivity index (χ1n) is 9.87. The fraction of sp³-hybridized carbons (Fsp3) is 0.727. The largest absolute Gasteiger partial charge is 0.299 e. The van der Waals surface area contributed by atoms with Crippen LogP contribution in [0, 0.1) is 34.5 Å². The molecule has 6 atom stereocenters. The molecule has 4 rings (SSSR count). The van der Waals surface area contributed by atoms with Crippen LogP contribution < -0.4 is 0 Å². The van der Waals surface area contributed by atoms with Gasteiger partial charge in [0.25, 0.3) is 0 Å². The van der Waals surface area contributed by atoms with Crippen LogP contribution in [0.25, 0.3) is 0 Å². The van der Waals surface area contributed by atoms with Gasteiger partial charge in [-0.2, -0.15) is 0 Å². The predicted molar refractivity (Wildman–Crippen MR) is 103 cm³/mol. The van der Waals surface area contributed by atoms with Crippen molar-refractivity contribution < 1.29 is 9.59 Å². The zero-order valence-electron chi connectivity index (χ0n) is 15.7. The van der Waals surface area contributed by atoms with Gasteiger partial charge in [-0.25, -0.2) is 0 Å². The van der Waals surface area contributed by atoms with Crippen LogP contribution in [0.2, 0.25) is 0 Å². The van der Waals surface area contributed by atoms with E-state index in [1.807, 2.05) is 13.0 Å². The maximum absolute atomic E-state index is 12.5. The number of carbonyl (C=O) groups is 2. The molecule has 0 bridgehead atoms. The topological polar surface area (TPSA) is 34.1 Å². The van der Waals surface area contributed by atoms with Crippen molar-refractivity contribution >= 4 is 24.0 Å². The molecule has 2 nitrogen and oxygen atoms in total.